The molecular formula is C9H13NOS. The molecule has 0 fully saturated rings. The zero-order valence-corrected chi connectivity index (χ0v) is 7.99. The number of hydrogen-bond donors (Lipinski definition) is 1. The highest BCUT2D eigenvalue weighted by atomic mass is 32.1. The molecule has 12 heavy (non-hydrogen) atoms. The lowest BCUT2D eigenvalue weighted by Crippen LogP contribution is -1.98. The Balaban J connectivity index is 2.15. The minimum atomic E-state index is 0.381. The summed E-state index contributed by atoms with van der Waals surface area (Å²) in [6.45, 7) is 0. The summed E-state index contributed by atoms with van der Waals surface area (Å²) in [6, 6.07) is 4.18. The monoisotopic (exact) mass is 183 g/mol. The Bertz CT molecular complexity index is 231. The molecule has 0 saturated heterocycles. The van der Waals surface area contributed by atoms with Crippen LogP contribution in [0.2, 0.25) is 0 Å². The predicted octanol–water partition coefficient (Wildman–Crippen LogP) is 2.69. The fraction of sp³-hybridized carbons (Fsp3) is 0.444. The third-order valence-electron chi connectivity index (χ3n) is 1.65. The normalized spacial score (nSPS) is 9.75. The maximum atomic E-state index is 7.25. The molecule has 3 heteroatoms. The summed E-state index contributed by atoms with van der Waals surface area (Å²) >= 11 is 1.77. The SMILES string of the molecule is COC(=N)CCCc1cccs1. The molecule has 0 bridgehead atoms. The second-order valence-corrected chi connectivity index (χ2v) is 3.59. The van der Waals surface area contributed by atoms with Gasteiger partial charge in [0.1, 0.15) is 0 Å². The van der Waals surface area contributed by atoms with Gasteiger partial charge < -0.3 is 4.74 Å². The van der Waals surface area contributed by atoms with Gasteiger partial charge in [-0.3, -0.25) is 5.41 Å². The van der Waals surface area contributed by atoms with Crippen molar-refractivity contribution in [3.8, 4) is 0 Å². The molecule has 1 aromatic rings. The lowest BCUT2D eigenvalue weighted by molar-refractivity contribution is 0.384. The van der Waals surface area contributed by atoms with Crippen molar-refractivity contribution in [2.24, 2.45) is 0 Å². The van der Waals surface area contributed by atoms with E-state index >= 15 is 0 Å². The van der Waals surface area contributed by atoms with Crippen LogP contribution in [0.1, 0.15) is 17.7 Å². The Labute approximate surface area is 76.7 Å². The molecule has 0 saturated carbocycles. The maximum absolute atomic E-state index is 7.25. The summed E-state index contributed by atoms with van der Waals surface area (Å²) in [7, 11) is 1.55. The lowest BCUT2D eigenvalue weighted by atomic mass is 10.2. The first kappa shape index (κ1) is 9.26. The molecule has 0 amide bonds. The van der Waals surface area contributed by atoms with Crippen LogP contribution in [0.15, 0.2) is 17.5 Å². The standard InChI is InChI=1S/C9H13NOS/c1-11-9(10)6-2-4-8-5-3-7-12-8/h3,5,7,10H,2,4,6H2,1H3. The van der Waals surface area contributed by atoms with E-state index in [1.54, 1.807) is 18.4 Å². The van der Waals surface area contributed by atoms with E-state index in [0.717, 1.165) is 19.3 Å². The van der Waals surface area contributed by atoms with Crippen molar-refractivity contribution >= 4 is 17.2 Å². The average molecular weight is 183 g/mol. The summed E-state index contributed by atoms with van der Waals surface area (Å²) in [5.41, 5.74) is 0. The van der Waals surface area contributed by atoms with Crippen molar-refractivity contribution in [1.82, 2.24) is 0 Å². The highest BCUT2D eigenvalue weighted by molar-refractivity contribution is 7.09. The van der Waals surface area contributed by atoms with Crippen LogP contribution in [0.5, 0.6) is 0 Å². The first-order valence-electron chi connectivity index (χ1n) is 3.96. The molecule has 1 heterocycles. The Morgan fingerprint density at radius 2 is 2.50 bits per heavy atom. The van der Waals surface area contributed by atoms with Gasteiger partial charge in [0.15, 0.2) is 5.90 Å². The van der Waals surface area contributed by atoms with Crippen molar-refractivity contribution in [1.29, 1.82) is 5.41 Å². The van der Waals surface area contributed by atoms with Crippen LogP contribution in [-0.2, 0) is 11.2 Å². The molecule has 0 aliphatic carbocycles. The molecule has 1 rings (SSSR count). The van der Waals surface area contributed by atoms with Gasteiger partial charge in [-0.1, -0.05) is 6.07 Å². The second-order valence-electron chi connectivity index (χ2n) is 2.56. The summed E-state index contributed by atoms with van der Waals surface area (Å²) in [5, 5.41) is 9.33. The number of thiophene rings is 1. The van der Waals surface area contributed by atoms with E-state index in [1.165, 1.54) is 4.88 Å². The van der Waals surface area contributed by atoms with Crippen molar-refractivity contribution in [3.05, 3.63) is 22.4 Å². The number of nitrogens with one attached hydrogen (secondary N) is 1. The van der Waals surface area contributed by atoms with Crippen molar-refractivity contribution in [3.63, 3.8) is 0 Å². The van der Waals surface area contributed by atoms with Crippen molar-refractivity contribution in [2.45, 2.75) is 19.3 Å². The quantitative estimate of drug-likeness (QED) is 0.565. The Morgan fingerprint density at radius 1 is 1.67 bits per heavy atom. The van der Waals surface area contributed by atoms with E-state index in [1.807, 2.05) is 0 Å². The fourth-order valence-electron chi connectivity index (χ4n) is 0.980. The summed E-state index contributed by atoms with van der Waals surface area (Å²) < 4.78 is 4.76. The van der Waals surface area contributed by atoms with Gasteiger partial charge in [0, 0.05) is 11.3 Å². The molecule has 0 radical (unpaired) electrons. The molecule has 0 aliphatic heterocycles. The molecule has 0 atom stereocenters. The van der Waals surface area contributed by atoms with E-state index in [4.69, 9.17) is 10.1 Å². The van der Waals surface area contributed by atoms with Crippen LogP contribution < -0.4 is 0 Å². The van der Waals surface area contributed by atoms with Crippen molar-refractivity contribution in [2.75, 3.05) is 7.11 Å². The third-order valence-corrected chi connectivity index (χ3v) is 2.59. The maximum Gasteiger partial charge on any atom is 0.180 e. The van der Waals surface area contributed by atoms with Gasteiger partial charge in [-0.05, 0) is 24.3 Å². The highest BCUT2D eigenvalue weighted by Gasteiger charge is 1.97. The lowest BCUT2D eigenvalue weighted by Gasteiger charge is -1.99. The Kier molecular flexibility index (Phi) is 3.80. The first-order valence-corrected chi connectivity index (χ1v) is 4.84. The van der Waals surface area contributed by atoms with Gasteiger partial charge >= 0.3 is 0 Å². The Hall–Kier alpha value is -0.830. The number of aryl methyl sites for hydroxylation is 1. The van der Waals surface area contributed by atoms with Gasteiger partial charge in [0.25, 0.3) is 0 Å². The minimum Gasteiger partial charge on any atom is -0.484 e. The predicted molar refractivity (Wildman–Crippen MR) is 52.0 cm³/mol. The minimum absolute atomic E-state index is 0.381. The molecule has 66 valence electrons. The molecule has 0 aliphatic rings. The number of rotatable bonds is 4. The van der Waals surface area contributed by atoms with Crippen molar-refractivity contribution < 1.29 is 4.74 Å². The summed E-state index contributed by atoms with van der Waals surface area (Å²) in [5.74, 6) is 0.381. The van der Waals surface area contributed by atoms with E-state index < -0.39 is 0 Å². The largest absolute Gasteiger partial charge is 0.484 e. The molecule has 1 N–H and O–H groups in total. The van der Waals surface area contributed by atoms with Crippen LogP contribution >= 0.6 is 11.3 Å². The zero-order chi connectivity index (χ0) is 8.81. The van der Waals surface area contributed by atoms with E-state index in [0.29, 0.717) is 5.90 Å². The van der Waals surface area contributed by atoms with Crippen LogP contribution in [0.25, 0.3) is 0 Å². The van der Waals surface area contributed by atoms with Crippen LogP contribution in [-0.4, -0.2) is 13.0 Å². The van der Waals surface area contributed by atoms with Crippen LogP contribution in [0, 0.1) is 5.41 Å². The van der Waals surface area contributed by atoms with Gasteiger partial charge in [-0.2, -0.15) is 0 Å². The smallest absolute Gasteiger partial charge is 0.180 e. The topological polar surface area (TPSA) is 33.1 Å². The molecule has 0 unspecified atom stereocenters. The zero-order valence-electron chi connectivity index (χ0n) is 7.17. The van der Waals surface area contributed by atoms with Crippen LogP contribution in [0.4, 0.5) is 0 Å². The molecule has 2 nitrogen and oxygen atoms in total. The first-order chi connectivity index (χ1) is 5.83. The molecular weight excluding hydrogens is 170 g/mol. The van der Waals surface area contributed by atoms with Crippen LogP contribution in [0.3, 0.4) is 0 Å². The number of hydrogen-bond acceptors (Lipinski definition) is 3. The third kappa shape index (κ3) is 3.05. The van der Waals surface area contributed by atoms with Gasteiger partial charge in [-0.25, -0.2) is 0 Å². The fourth-order valence-corrected chi connectivity index (χ4v) is 1.73. The van der Waals surface area contributed by atoms with Gasteiger partial charge in [-0.15, -0.1) is 11.3 Å². The van der Waals surface area contributed by atoms with Gasteiger partial charge in [0.2, 0.25) is 0 Å². The molecule has 0 aromatic carbocycles. The molecule has 1 aromatic heterocycles. The number of methoxy groups -OCH3 is 1. The summed E-state index contributed by atoms with van der Waals surface area (Å²) in [6.07, 6.45) is 2.81. The van der Waals surface area contributed by atoms with E-state index in [2.05, 4.69) is 17.5 Å². The number of ether oxygens (including phenoxy) is 1. The molecule has 0 spiro atoms. The van der Waals surface area contributed by atoms with E-state index in [9.17, 15) is 0 Å². The second kappa shape index (κ2) is 4.93. The van der Waals surface area contributed by atoms with Gasteiger partial charge in [0.05, 0.1) is 7.11 Å². The average Bonchev–Trinajstić information content (AvgIpc) is 2.57. The van der Waals surface area contributed by atoms with E-state index in [-0.39, 0.29) is 0 Å². The highest BCUT2D eigenvalue weighted by Crippen LogP contribution is 2.11. The summed E-state index contributed by atoms with van der Waals surface area (Å²) in [4.78, 5) is 1.39. The Morgan fingerprint density at radius 3 is 3.08 bits per heavy atom.